The highest BCUT2D eigenvalue weighted by Gasteiger charge is 2.36. The second-order valence-corrected chi connectivity index (χ2v) is 5.81. The van der Waals surface area contributed by atoms with Gasteiger partial charge in [-0.15, -0.1) is 0 Å². The van der Waals surface area contributed by atoms with Crippen LogP contribution in [-0.2, 0) is 4.79 Å². The fourth-order valence-electron chi connectivity index (χ4n) is 2.83. The van der Waals surface area contributed by atoms with Gasteiger partial charge in [0.15, 0.2) is 11.5 Å². The minimum atomic E-state index is -0.477. The molecule has 0 atom stereocenters. The van der Waals surface area contributed by atoms with Crippen molar-refractivity contribution in [1.82, 2.24) is 4.90 Å². The van der Waals surface area contributed by atoms with Gasteiger partial charge in [0.1, 0.15) is 6.54 Å². The Morgan fingerprint density at radius 1 is 1.00 bits per heavy atom. The topological polar surface area (TPSA) is 84.9 Å². The van der Waals surface area contributed by atoms with Crippen LogP contribution in [0.5, 0.6) is 11.5 Å². The molecule has 0 unspecified atom stereocenters. The van der Waals surface area contributed by atoms with Crippen molar-refractivity contribution in [2.24, 2.45) is 0 Å². The predicted molar refractivity (Wildman–Crippen MR) is 94.7 cm³/mol. The molecule has 3 amide bonds. The lowest BCUT2D eigenvalue weighted by atomic mass is 10.1. The third-order valence-corrected chi connectivity index (χ3v) is 4.18. The van der Waals surface area contributed by atoms with Crippen molar-refractivity contribution < 1.29 is 23.9 Å². The summed E-state index contributed by atoms with van der Waals surface area (Å²) in [4.78, 5) is 38.0. The van der Waals surface area contributed by atoms with Crippen LogP contribution in [0.15, 0.2) is 36.4 Å². The third-order valence-electron chi connectivity index (χ3n) is 4.18. The van der Waals surface area contributed by atoms with Crippen LogP contribution in [0.2, 0.25) is 0 Å². The van der Waals surface area contributed by atoms with Crippen molar-refractivity contribution in [3.05, 3.63) is 53.1 Å². The van der Waals surface area contributed by atoms with Gasteiger partial charge < -0.3 is 14.8 Å². The summed E-state index contributed by atoms with van der Waals surface area (Å²) < 4.78 is 10.4. The molecule has 0 aromatic heterocycles. The van der Waals surface area contributed by atoms with Crippen molar-refractivity contribution >= 4 is 23.4 Å². The van der Waals surface area contributed by atoms with E-state index >= 15 is 0 Å². The number of methoxy groups -OCH3 is 2. The first-order valence-corrected chi connectivity index (χ1v) is 7.94. The molecule has 0 saturated carbocycles. The van der Waals surface area contributed by atoms with Gasteiger partial charge >= 0.3 is 0 Å². The van der Waals surface area contributed by atoms with Gasteiger partial charge in [-0.2, -0.15) is 0 Å². The first-order valence-electron chi connectivity index (χ1n) is 7.94. The molecule has 26 heavy (non-hydrogen) atoms. The average Bonchev–Trinajstić information content (AvgIpc) is 2.88. The molecule has 134 valence electrons. The van der Waals surface area contributed by atoms with Crippen LogP contribution in [0.4, 0.5) is 5.69 Å². The normalized spacial score (nSPS) is 12.8. The Bertz CT molecular complexity index is 872. The number of amides is 3. The number of hydrogen-bond acceptors (Lipinski definition) is 5. The smallest absolute Gasteiger partial charge is 0.262 e. The van der Waals surface area contributed by atoms with Crippen molar-refractivity contribution in [3.8, 4) is 11.5 Å². The molecule has 1 N–H and O–H groups in total. The van der Waals surface area contributed by atoms with Crippen molar-refractivity contribution in [2.75, 3.05) is 26.1 Å². The zero-order valence-corrected chi connectivity index (χ0v) is 14.7. The Kier molecular flexibility index (Phi) is 4.62. The van der Waals surface area contributed by atoms with E-state index < -0.39 is 17.7 Å². The summed E-state index contributed by atoms with van der Waals surface area (Å²) in [5, 5.41) is 2.71. The summed E-state index contributed by atoms with van der Waals surface area (Å²) in [5.74, 6) is -0.401. The number of carbonyl (C=O) groups is 3. The molecule has 7 heteroatoms. The maximum Gasteiger partial charge on any atom is 0.262 e. The van der Waals surface area contributed by atoms with E-state index in [1.807, 2.05) is 0 Å². The standard InChI is InChI=1S/C19H18N2O5/c1-11-8-15(25-2)16(26-3)9-14(11)20-17(22)10-21-18(23)12-6-4-5-7-13(12)19(21)24/h4-9H,10H2,1-3H3,(H,20,22). The number of carbonyl (C=O) groups excluding carboxylic acids is 3. The van der Waals surface area contributed by atoms with Crippen molar-refractivity contribution in [1.29, 1.82) is 0 Å². The maximum absolute atomic E-state index is 12.4. The van der Waals surface area contributed by atoms with Crippen LogP contribution in [0.3, 0.4) is 0 Å². The molecule has 0 spiro atoms. The molecule has 1 aliphatic heterocycles. The molecule has 0 saturated heterocycles. The van der Waals surface area contributed by atoms with Crippen LogP contribution in [0, 0.1) is 6.92 Å². The summed E-state index contributed by atoms with van der Waals surface area (Å²) >= 11 is 0. The zero-order valence-electron chi connectivity index (χ0n) is 14.7. The number of imide groups is 1. The fraction of sp³-hybridized carbons (Fsp3) is 0.211. The summed E-state index contributed by atoms with van der Waals surface area (Å²) in [5.41, 5.74) is 1.91. The number of rotatable bonds is 5. The summed E-state index contributed by atoms with van der Waals surface area (Å²) in [7, 11) is 3.02. The molecule has 7 nitrogen and oxygen atoms in total. The number of fused-ring (bicyclic) bond motifs is 1. The van der Waals surface area contributed by atoms with E-state index in [0.29, 0.717) is 28.3 Å². The zero-order chi connectivity index (χ0) is 18.8. The van der Waals surface area contributed by atoms with E-state index in [1.165, 1.54) is 14.2 Å². The van der Waals surface area contributed by atoms with E-state index in [1.54, 1.807) is 43.3 Å². The largest absolute Gasteiger partial charge is 0.493 e. The van der Waals surface area contributed by atoms with Crippen LogP contribution in [-0.4, -0.2) is 43.4 Å². The van der Waals surface area contributed by atoms with Crippen LogP contribution < -0.4 is 14.8 Å². The number of nitrogens with one attached hydrogen (secondary N) is 1. The van der Waals surface area contributed by atoms with Gasteiger partial charge in [-0.05, 0) is 30.7 Å². The maximum atomic E-state index is 12.4. The lowest BCUT2D eigenvalue weighted by Crippen LogP contribution is -2.37. The third kappa shape index (κ3) is 2.99. The molecule has 3 rings (SSSR count). The van der Waals surface area contributed by atoms with E-state index in [4.69, 9.17) is 9.47 Å². The Hall–Kier alpha value is -3.35. The van der Waals surface area contributed by atoms with Gasteiger partial charge in [-0.1, -0.05) is 12.1 Å². The van der Waals surface area contributed by atoms with Crippen molar-refractivity contribution in [3.63, 3.8) is 0 Å². The average molecular weight is 354 g/mol. The van der Waals surface area contributed by atoms with E-state index in [9.17, 15) is 14.4 Å². The van der Waals surface area contributed by atoms with Gasteiger partial charge in [-0.3, -0.25) is 19.3 Å². The predicted octanol–water partition coefficient (Wildman–Crippen LogP) is 2.25. The first-order chi connectivity index (χ1) is 12.5. The highest BCUT2D eigenvalue weighted by atomic mass is 16.5. The number of hydrogen-bond donors (Lipinski definition) is 1. The van der Waals surface area contributed by atoms with Crippen LogP contribution >= 0.6 is 0 Å². The first kappa shape index (κ1) is 17.5. The number of anilines is 1. The summed E-state index contributed by atoms with van der Waals surface area (Å²) in [6, 6.07) is 9.88. The molecule has 1 heterocycles. The van der Waals surface area contributed by atoms with Crippen molar-refractivity contribution in [2.45, 2.75) is 6.92 Å². The number of nitrogens with zero attached hydrogens (tertiary/aromatic N) is 1. The van der Waals surface area contributed by atoms with Gasteiger partial charge in [-0.25, -0.2) is 0 Å². The molecule has 1 aliphatic rings. The van der Waals surface area contributed by atoms with Gasteiger partial charge in [0.2, 0.25) is 5.91 Å². The van der Waals surface area contributed by atoms with E-state index in [-0.39, 0.29) is 6.54 Å². The summed E-state index contributed by atoms with van der Waals surface area (Å²) in [6.45, 7) is 1.44. The number of ether oxygens (including phenoxy) is 2. The molecule has 0 aliphatic carbocycles. The Balaban J connectivity index is 1.76. The minimum absolute atomic E-state index is 0.313. The molecule has 0 radical (unpaired) electrons. The SMILES string of the molecule is COc1cc(C)c(NC(=O)CN2C(=O)c3ccccc3C2=O)cc1OC. The molecular formula is C19H18N2O5. The molecule has 0 fully saturated rings. The monoisotopic (exact) mass is 354 g/mol. The quantitative estimate of drug-likeness (QED) is 0.833. The molecule has 2 aromatic rings. The molecular weight excluding hydrogens is 336 g/mol. The van der Waals surface area contributed by atoms with E-state index in [0.717, 1.165) is 10.5 Å². The molecule has 2 aromatic carbocycles. The van der Waals surface area contributed by atoms with Gasteiger partial charge in [0, 0.05) is 11.8 Å². The second-order valence-electron chi connectivity index (χ2n) is 5.81. The number of benzene rings is 2. The van der Waals surface area contributed by atoms with Crippen LogP contribution in [0.1, 0.15) is 26.3 Å². The second kappa shape index (κ2) is 6.87. The Labute approximate surface area is 150 Å². The Morgan fingerprint density at radius 2 is 1.54 bits per heavy atom. The lowest BCUT2D eigenvalue weighted by Gasteiger charge is -2.16. The lowest BCUT2D eigenvalue weighted by molar-refractivity contribution is -0.116. The fourth-order valence-corrected chi connectivity index (χ4v) is 2.83. The highest BCUT2D eigenvalue weighted by Crippen LogP contribution is 2.33. The highest BCUT2D eigenvalue weighted by molar-refractivity contribution is 6.22. The van der Waals surface area contributed by atoms with Gasteiger partial charge in [0.25, 0.3) is 11.8 Å². The summed E-state index contributed by atoms with van der Waals surface area (Å²) in [6.07, 6.45) is 0. The van der Waals surface area contributed by atoms with E-state index in [2.05, 4.69) is 5.32 Å². The van der Waals surface area contributed by atoms with Crippen LogP contribution in [0.25, 0.3) is 0 Å². The van der Waals surface area contributed by atoms with Gasteiger partial charge in [0.05, 0.1) is 25.3 Å². The number of aryl methyl sites for hydroxylation is 1. The Morgan fingerprint density at radius 3 is 2.08 bits per heavy atom. The minimum Gasteiger partial charge on any atom is -0.493 e. The molecule has 0 bridgehead atoms.